The molecule has 2 aromatic carbocycles. The Labute approximate surface area is 200 Å². The lowest BCUT2D eigenvalue weighted by atomic mass is 9.93. The number of aryl methyl sites for hydroxylation is 4. The first-order chi connectivity index (χ1) is 16.5. The van der Waals surface area contributed by atoms with Crippen LogP contribution < -0.4 is 0 Å². The molecule has 4 heteroatoms. The quantitative estimate of drug-likeness (QED) is 0.296. The van der Waals surface area contributed by atoms with Gasteiger partial charge in [0.1, 0.15) is 0 Å². The topological polar surface area (TPSA) is 51.6 Å². The molecule has 0 saturated heterocycles. The maximum absolute atomic E-state index is 4.61. The largest absolute Gasteiger partial charge is 0.265 e. The summed E-state index contributed by atoms with van der Waals surface area (Å²) in [6.07, 6.45) is 7.32. The summed E-state index contributed by atoms with van der Waals surface area (Å²) < 4.78 is 0. The summed E-state index contributed by atoms with van der Waals surface area (Å²) in [5, 5.41) is 9.23. The van der Waals surface area contributed by atoms with Crippen LogP contribution in [0, 0.1) is 27.7 Å². The molecule has 0 aliphatic rings. The van der Waals surface area contributed by atoms with Crippen molar-refractivity contribution in [3.8, 4) is 44.8 Å². The number of rotatable bonds is 4. The maximum atomic E-state index is 4.61. The van der Waals surface area contributed by atoms with Crippen molar-refractivity contribution in [3.05, 3.63) is 108 Å². The molecular weight excluding hydrogens is 416 g/mol. The SMILES string of the molecule is Cc1cc(-c2ccc(-c3cc(C)c(-c4ccncc4)cc3C)nn2)c(C)cc1-c1ccncc1. The highest BCUT2D eigenvalue weighted by Gasteiger charge is 2.13. The highest BCUT2D eigenvalue weighted by atomic mass is 15.1. The van der Waals surface area contributed by atoms with Gasteiger partial charge in [0.05, 0.1) is 11.4 Å². The van der Waals surface area contributed by atoms with Gasteiger partial charge in [-0.1, -0.05) is 12.1 Å². The molecule has 0 atom stereocenters. The molecule has 4 nitrogen and oxygen atoms in total. The third kappa shape index (κ3) is 4.11. The molecule has 0 unspecified atom stereocenters. The fraction of sp³-hybridized carbons (Fsp3) is 0.133. The zero-order chi connectivity index (χ0) is 23.7. The van der Waals surface area contributed by atoms with E-state index in [1.54, 1.807) is 0 Å². The lowest BCUT2D eigenvalue weighted by Gasteiger charge is -2.14. The number of hydrogen-bond acceptors (Lipinski definition) is 4. The Morgan fingerprint density at radius 1 is 0.412 bits per heavy atom. The number of benzene rings is 2. The molecule has 3 aromatic heterocycles. The van der Waals surface area contributed by atoms with E-state index in [9.17, 15) is 0 Å². The molecular formula is C30H26N4. The monoisotopic (exact) mass is 442 g/mol. The van der Waals surface area contributed by atoms with Crippen LogP contribution in [0.5, 0.6) is 0 Å². The minimum Gasteiger partial charge on any atom is -0.265 e. The minimum absolute atomic E-state index is 0.883. The zero-order valence-corrected chi connectivity index (χ0v) is 19.9. The van der Waals surface area contributed by atoms with Crippen molar-refractivity contribution in [2.24, 2.45) is 0 Å². The summed E-state index contributed by atoms with van der Waals surface area (Å²) in [5.41, 5.74) is 13.5. The molecule has 0 aliphatic heterocycles. The molecule has 5 aromatic rings. The second-order valence-electron chi connectivity index (χ2n) is 8.74. The average molecular weight is 443 g/mol. The van der Waals surface area contributed by atoms with Crippen LogP contribution in [-0.4, -0.2) is 20.2 Å². The van der Waals surface area contributed by atoms with Gasteiger partial charge in [-0.2, -0.15) is 0 Å². The lowest BCUT2D eigenvalue weighted by Crippen LogP contribution is -1.96. The Hall–Kier alpha value is -4.18. The second kappa shape index (κ2) is 8.99. The number of nitrogens with zero attached hydrogens (tertiary/aromatic N) is 4. The highest BCUT2D eigenvalue weighted by Crippen LogP contribution is 2.33. The normalized spacial score (nSPS) is 10.9. The Bertz CT molecular complexity index is 1340. The van der Waals surface area contributed by atoms with Gasteiger partial charge >= 0.3 is 0 Å². The summed E-state index contributed by atoms with van der Waals surface area (Å²) in [7, 11) is 0. The number of aromatic nitrogens is 4. The van der Waals surface area contributed by atoms with Gasteiger partial charge in [0.15, 0.2) is 0 Å². The molecule has 166 valence electrons. The van der Waals surface area contributed by atoms with Crippen LogP contribution in [0.1, 0.15) is 22.3 Å². The molecule has 3 heterocycles. The number of pyridine rings is 2. The van der Waals surface area contributed by atoms with E-state index in [1.807, 2.05) is 49.1 Å². The predicted molar refractivity (Wildman–Crippen MR) is 138 cm³/mol. The summed E-state index contributed by atoms with van der Waals surface area (Å²) in [6, 6.07) is 21.2. The second-order valence-corrected chi connectivity index (χ2v) is 8.74. The van der Waals surface area contributed by atoms with Gasteiger partial charge in [-0.3, -0.25) is 9.97 Å². The first-order valence-corrected chi connectivity index (χ1v) is 11.4. The van der Waals surface area contributed by atoms with E-state index in [-0.39, 0.29) is 0 Å². The van der Waals surface area contributed by atoms with Crippen molar-refractivity contribution in [3.63, 3.8) is 0 Å². The van der Waals surface area contributed by atoms with Crippen LogP contribution in [0.4, 0.5) is 0 Å². The summed E-state index contributed by atoms with van der Waals surface area (Å²) in [6.45, 7) is 8.52. The van der Waals surface area contributed by atoms with Gasteiger partial charge in [0.25, 0.3) is 0 Å². The van der Waals surface area contributed by atoms with Crippen molar-refractivity contribution in [2.75, 3.05) is 0 Å². The van der Waals surface area contributed by atoms with Gasteiger partial charge < -0.3 is 0 Å². The molecule has 0 fully saturated rings. The molecule has 0 N–H and O–H groups in total. The molecule has 0 saturated carbocycles. The van der Waals surface area contributed by atoms with E-state index in [0.29, 0.717) is 0 Å². The maximum Gasteiger partial charge on any atom is 0.0932 e. The molecule has 34 heavy (non-hydrogen) atoms. The standard InChI is InChI=1S/C30H26N4/c1-19-17-27(21(3)15-25(19)23-7-11-31-12-8-23)29-5-6-30(34-33-29)28-18-20(2)26(16-22(28)4)24-9-13-32-14-10-24/h5-18H,1-4H3. The molecule has 0 radical (unpaired) electrons. The van der Waals surface area contributed by atoms with Crippen LogP contribution in [0.15, 0.2) is 85.5 Å². The van der Waals surface area contributed by atoms with Gasteiger partial charge in [-0.15, -0.1) is 10.2 Å². The third-order valence-corrected chi connectivity index (χ3v) is 6.34. The fourth-order valence-electron chi connectivity index (χ4n) is 4.49. The summed E-state index contributed by atoms with van der Waals surface area (Å²) >= 11 is 0. The summed E-state index contributed by atoms with van der Waals surface area (Å²) in [4.78, 5) is 8.26. The Balaban J connectivity index is 1.48. The van der Waals surface area contributed by atoms with E-state index >= 15 is 0 Å². The number of hydrogen-bond donors (Lipinski definition) is 0. The fourth-order valence-corrected chi connectivity index (χ4v) is 4.49. The van der Waals surface area contributed by atoms with Gasteiger partial charge in [0, 0.05) is 35.9 Å². The Kier molecular flexibility index (Phi) is 5.72. The van der Waals surface area contributed by atoms with Crippen molar-refractivity contribution < 1.29 is 0 Å². The van der Waals surface area contributed by atoms with Gasteiger partial charge in [0.2, 0.25) is 0 Å². The van der Waals surface area contributed by atoms with Crippen LogP contribution in [0.2, 0.25) is 0 Å². The highest BCUT2D eigenvalue weighted by molar-refractivity contribution is 5.77. The van der Waals surface area contributed by atoms with E-state index in [2.05, 4.69) is 84.3 Å². The van der Waals surface area contributed by atoms with Crippen molar-refractivity contribution in [1.29, 1.82) is 0 Å². The smallest absolute Gasteiger partial charge is 0.0932 e. The molecule has 0 amide bonds. The lowest BCUT2D eigenvalue weighted by molar-refractivity contribution is 1.04. The first kappa shape index (κ1) is 21.7. The Morgan fingerprint density at radius 2 is 0.735 bits per heavy atom. The van der Waals surface area contributed by atoms with Crippen molar-refractivity contribution in [2.45, 2.75) is 27.7 Å². The zero-order valence-electron chi connectivity index (χ0n) is 19.9. The van der Waals surface area contributed by atoms with E-state index in [0.717, 1.165) is 22.5 Å². The molecule has 0 bridgehead atoms. The molecule has 0 spiro atoms. The summed E-state index contributed by atoms with van der Waals surface area (Å²) in [5.74, 6) is 0. The van der Waals surface area contributed by atoms with E-state index < -0.39 is 0 Å². The predicted octanol–water partition coefficient (Wildman–Crippen LogP) is 7.17. The third-order valence-electron chi connectivity index (χ3n) is 6.34. The minimum atomic E-state index is 0.883. The molecule has 0 aliphatic carbocycles. The Morgan fingerprint density at radius 3 is 1.09 bits per heavy atom. The van der Waals surface area contributed by atoms with Gasteiger partial charge in [-0.25, -0.2) is 0 Å². The van der Waals surface area contributed by atoms with Crippen LogP contribution in [-0.2, 0) is 0 Å². The molecule has 5 rings (SSSR count). The first-order valence-electron chi connectivity index (χ1n) is 11.4. The van der Waals surface area contributed by atoms with E-state index in [1.165, 1.54) is 44.5 Å². The average Bonchev–Trinajstić information content (AvgIpc) is 2.87. The van der Waals surface area contributed by atoms with Gasteiger partial charge in [-0.05, 0) is 121 Å². The van der Waals surface area contributed by atoms with Crippen molar-refractivity contribution >= 4 is 0 Å². The van der Waals surface area contributed by atoms with Crippen molar-refractivity contribution in [1.82, 2.24) is 20.2 Å². The van der Waals surface area contributed by atoms with Crippen LogP contribution in [0.25, 0.3) is 44.8 Å². The van der Waals surface area contributed by atoms with Crippen LogP contribution in [0.3, 0.4) is 0 Å². The van der Waals surface area contributed by atoms with Crippen LogP contribution >= 0.6 is 0 Å². The van der Waals surface area contributed by atoms with E-state index in [4.69, 9.17) is 0 Å².